The summed E-state index contributed by atoms with van der Waals surface area (Å²) < 4.78 is 0.934. The van der Waals surface area contributed by atoms with Crippen molar-refractivity contribution in [2.45, 2.75) is 45.6 Å². The highest BCUT2D eigenvalue weighted by Gasteiger charge is 2.42. The van der Waals surface area contributed by atoms with Crippen LogP contribution in [0, 0.1) is 17.3 Å². The minimum Gasteiger partial charge on any atom is -0.388 e. The van der Waals surface area contributed by atoms with Gasteiger partial charge in [0.1, 0.15) is 0 Å². The third-order valence-corrected chi connectivity index (χ3v) is 6.05. The van der Waals surface area contributed by atoms with Crippen LogP contribution in [0.1, 0.15) is 51.2 Å². The number of benzene rings is 1. The Hall–Kier alpha value is -0.0900. The Kier molecular flexibility index (Phi) is 5.75. The van der Waals surface area contributed by atoms with Gasteiger partial charge in [-0.2, -0.15) is 0 Å². The Labute approximate surface area is 141 Å². The fourth-order valence-corrected chi connectivity index (χ4v) is 4.12. The van der Waals surface area contributed by atoms with Crippen molar-refractivity contribution in [3.8, 4) is 0 Å². The summed E-state index contributed by atoms with van der Waals surface area (Å²) in [4.78, 5) is 0. The number of aliphatic hydroxyl groups excluding tert-OH is 1. The van der Waals surface area contributed by atoms with Gasteiger partial charge in [-0.1, -0.05) is 41.4 Å². The highest BCUT2D eigenvalue weighted by Crippen LogP contribution is 2.49. The van der Waals surface area contributed by atoms with Crippen LogP contribution in [-0.2, 0) is 0 Å². The largest absolute Gasteiger partial charge is 0.388 e. The van der Waals surface area contributed by atoms with Gasteiger partial charge in [-0.25, -0.2) is 0 Å². The number of rotatable bonds is 4. The van der Waals surface area contributed by atoms with Crippen molar-refractivity contribution in [1.82, 2.24) is 0 Å². The van der Waals surface area contributed by atoms with Crippen molar-refractivity contribution >= 4 is 27.5 Å². The zero-order valence-corrected chi connectivity index (χ0v) is 15.1. The van der Waals surface area contributed by atoms with Gasteiger partial charge in [-0.05, 0) is 55.7 Å². The predicted octanol–water partition coefficient (Wildman–Crippen LogP) is 4.93. The molecule has 3 N–H and O–H groups in total. The predicted molar refractivity (Wildman–Crippen MR) is 92.4 cm³/mol. The Balaban J connectivity index is 2.23. The zero-order chi connectivity index (χ0) is 15.6. The monoisotopic (exact) mass is 373 g/mol. The van der Waals surface area contributed by atoms with Crippen LogP contribution in [0.25, 0.3) is 0 Å². The van der Waals surface area contributed by atoms with Gasteiger partial charge in [0.05, 0.1) is 6.10 Å². The van der Waals surface area contributed by atoms with Crippen LogP contribution in [0.5, 0.6) is 0 Å². The minimum absolute atomic E-state index is 0.240. The molecule has 1 saturated carbocycles. The highest BCUT2D eigenvalue weighted by molar-refractivity contribution is 9.10. The molecule has 1 aromatic rings. The first-order valence-corrected chi connectivity index (χ1v) is 8.90. The zero-order valence-electron chi connectivity index (χ0n) is 12.8. The summed E-state index contributed by atoms with van der Waals surface area (Å²) in [5.74, 6) is 1.45. The molecule has 1 aliphatic carbocycles. The fourth-order valence-electron chi connectivity index (χ4n) is 3.52. The first-order valence-electron chi connectivity index (χ1n) is 7.72. The van der Waals surface area contributed by atoms with Gasteiger partial charge < -0.3 is 10.8 Å². The maximum absolute atomic E-state index is 10.9. The molecule has 0 radical (unpaired) electrons. The standard InChI is InChI=1S/C17H25BrClNO/c1-11(2)12-5-7-17(10-20,8-6-12)16(21)14-9-13(18)3-4-15(14)19/h3-4,9,11-12,16,21H,5-8,10,20H2,1-2H3. The minimum atomic E-state index is -0.597. The topological polar surface area (TPSA) is 46.2 Å². The second kappa shape index (κ2) is 6.99. The molecule has 1 fully saturated rings. The molecule has 0 bridgehead atoms. The van der Waals surface area contributed by atoms with E-state index in [0.29, 0.717) is 17.5 Å². The SMILES string of the molecule is CC(C)C1CCC(CN)(C(O)c2cc(Br)ccc2Cl)CC1. The molecule has 1 aromatic carbocycles. The van der Waals surface area contributed by atoms with E-state index in [1.807, 2.05) is 18.2 Å². The highest BCUT2D eigenvalue weighted by atomic mass is 79.9. The van der Waals surface area contributed by atoms with Gasteiger partial charge in [0.15, 0.2) is 0 Å². The summed E-state index contributed by atoms with van der Waals surface area (Å²) in [6.45, 7) is 5.06. The molecule has 4 heteroatoms. The van der Waals surface area contributed by atoms with Crippen LogP contribution in [-0.4, -0.2) is 11.7 Å². The second-order valence-electron chi connectivity index (χ2n) is 6.72. The van der Waals surface area contributed by atoms with Crippen molar-refractivity contribution in [3.63, 3.8) is 0 Å². The Morgan fingerprint density at radius 3 is 2.52 bits per heavy atom. The first kappa shape index (κ1) is 17.3. The Morgan fingerprint density at radius 1 is 1.38 bits per heavy atom. The molecule has 1 aliphatic rings. The lowest BCUT2D eigenvalue weighted by Crippen LogP contribution is -2.41. The van der Waals surface area contributed by atoms with Crippen LogP contribution < -0.4 is 5.73 Å². The summed E-state index contributed by atoms with van der Waals surface area (Å²) in [6, 6.07) is 5.64. The lowest BCUT2D eigenvalue weighted by Gasteiger charge is -2.44. The normalized spacial score (nSPS) is 27.9. The van der Waals surface area contributed by atoms with E-state index in [2.05, 4.69) is 29.8 Å². The summed E-state index contributed by atoms with van der Waals surface area (Å²) in [5.41, 5.74) is 6.62. The fraction of sp³-hybridized carbons (Fsp3) is 0.647. The molecule has 0 heterocycles. The van der Waals surface area contributed by atoms with Crippen LogP contribution in [0.15, 0.2) is 22.7 Å². The van der Waals surface area contributed by atoms with Crippen LogP contribution in [0.3, 0.4) is 0 Å². The second-order valence-corrected chi connectivity index (χ2v) is 8.04. The van der Waals surface area contributed by atoms with Crippen LogP contribution in [0.2, 0.25) is 5.02 Å². The smallest absolute Gasteiger partial charge is 0.0873 e. The van der Waals surface area contributed by atoms with E-state index >= 15 is 0 Å². The van der Waals surface area contributed by atoms with E-state index in [4.69, 9.17) is 17.3 Å². The van der Waals surface area contributed by atoms with Crippen molar-refractivity contribution < 1.29 is 5.11 Å². The molecule has 21 heavy (non-hydrogen) atoms. The molecule has 118 valence electrons. The lowest BCUT2D eigenvalue weighted by atomic mass is 9.64. The molecular formula is C17H25BrClNO. The van der Waals surface area contributed by atoms with Crippen LogP contribution in [0.4, 0.5) is 0 Å². The molecule has 0 aromatic heterocycles. The molecule has 2 nitrogen and oxygen atoms in total. The number of hydrogen-bond donors (Lipinski definition) is 2. The third kappa shape index (κ3) is 3.64. The first-order chi connectivity index (χ1) is 9.89. The maximum Gasteiger partial charge on any atom is 0.0873 e. The lowest BCUT2D eigenvalue weighted by molar-refractivity contribution is -0.0148. The summed E-state index contributed by atoms with van der Waals surface area (Å²) >= 11 is 9.74. The van der Waals surface area contributed by atoms with Gasteiger partial charge >= 0.3 is 0 Å². The molecule has 0 amide bonds. The molecule has 1 atom stereocenters. The summed E-state index contributed by atoms with van der Waals surface area (Å²) in [5, 5.41) is 11.6. The van der Waals surface area contributed by atoms with Crippen LogP contribution >= 0.6 is 27.5 Å². The summed E-state index contributed by atoms with van der Waals surface area (Å²) in [7, 11) is 0. The number of aliphatic hydroxyl groups is 1. The van der Waals surface area contributed by atoms with Crippen molar-refractivity contribution in [3.05, 3.63) is 33.3 Å². The molecule has 1 unspecified atom stereocenters. The summed E-state index contributed by atoms with van der Waals surface area (Å²) in [6.07, 6.45) is 3.61. The Morgan fingerprint density at radius 2 is 2.00 bits per heavy atom. The number of hydrogen-bond acceptors (Lipinski definition) is 2. The third-order valence-electron chi connectivity index (χ3n) is 5.21. The quantitative estimate of drug-likeness (QED) is 0.785. The molecule has 2 rings (SSSR count). The molecular weight excluding hydrogens is 350 g/mol. The molecule has 0 spiro atoms. The number of nitrogens with two attached hydrogens (primary N) is 1. The van der Waals surface area contributed by atoms with Gasteiger partial charge in [-0.15, -0.1) is 0 Å². The van der Waals surface area contributed by atoms with Gasteiger partial charge in [0, 0.05) is 27.0 Å². The van der Waals surface area contributed by atoms with E-state index < -0.39 is 6.10 Å². The van der Waals surface area contributed by atoms with Crippen molar-refractivity contribution in [2.24, 2.45) is 23.0 Å². The number of halogens is 2. The van der Waals surface area contributed by atoms with E-state index in [0.717, 1.165) is 41.6 Å². The van der Waals surface area contributed by atoms with Crippen molar-refractivity contribution in [1.29, 1.82) is 0 Å². The Bertz CT molecular complexity index is 484. The average Bonchev–Trinajstić information content (AvgIpc) is 2.49. The van der Waals surface area contributed by atoms with E-state index in [1.165, 1.54) is 0 Å². The van der Waals surface area contributed by atoms with Crippen molar-refractivity contribution in [2.75, 3.05) is 6.54 Å². The maximum atomic E-state index is 10.9. The average molecular weight is 375 g/mol. The van der Waals surface area contributed by atoms with E-state index in [9.17, 15) is 5.11 Å². The van der Waals surface area contributed by atoms with Gasteiger partial charge in [0.2, 0.25) is 0 Å². The van der Waals surface area contributed by atoms with E-state index in [1.54, 1.807) is 0 Å². The van der Waals surface area contributed by atoms with Gasteiger partial charge in [0.25, 0.3) is 0 Å². The van der Waals surface area contributed by atoms with Gasteiger partial charge in [-0.3, -0.25) is 0 Å². The molecule has 0 saturated heterocycles. The van der Waals surface area contributed by atoms with E-state index in [-0.39, 0.29) is 5.41 Å². The molecule has 0 aliphatic heterocycles.